The zero-order valence-electron chi connectivity index (χ0n) is 9.96. The van der Waals surface area contributed by atoms with Crippen molar-refractivity contribution in [2.45, 2.75) is 19.8 Å². The highest BCUT2D eigenvalue weighted by Gasteiger charge is 2.06. The number of H-pyrrole nitrogens is 1. The summed E-state index contributed by atoms with van der Waals surface area (Å²) in [6.45, 7) is 2.09. The number of aromatic amines is 1. The van der Waals surface area contributed by atoms with Gasteiger partial charge < -0.3 is 9.72 Å². The van der Waals surface area contributed by atoms with Crippen molar-refractivity contribution >= 4 is 15.9 Å². The van der Waals surface area contributed by atoms with Crippen molar-refractivity contribution in [3.63, 3.8) is 0 Å². The van der Waals surface area contributed by atoms with Gasteiger partial charge >= 0.3 is 0 Å². The Kier molecular flexibility index (Phi) is 3.84. The molecule has 3 nitrogen and oxygen atoms in total. The molecule has 1 aromatic heterocycles. The van der Waals surface area contributed by atoms with Crippen LogP contribution in [-0.4, -0.2) is 17.1 Å². The second-order valence-corrected chi connectivity index (χ2v) is 4.74. The lowest BCUT2D eigenvalue weighted by atomic mass is 10.0. The van der Waals surface area contributed by atoms with E-state index in [-0.39, 0.29) is 0 Å². The summed E-state index contributed by atoms with van der Waals surface area (Å²) in [4.78, 5) is 7.25. The van der Waals surface area contributed by atoms with Crippen molar-refractivity contribution in [3.8, 4) is 5.75 Å². The lowest BCUT2D eigenvalue weighted by molar-refractivity contribution is 0.409. The normalized spacial score (nSPS) is 10.5. The van der Waals surface area contributed by atoms with E-state index < -0.39 is 0 Å². The molecule has 0 unspecified atom stereocenters. The van der Waals surface area contributed by atoms with Crippen molar-refractivity contribution in [3.05, 3.63) is 46.0 Å². The van der Waals surface area contributed by atoms with Crippen LogP contribution in [0.25, 0.3) is 0 Å². The third kappa shape index (κ3) is 2.88. The van der Waals surface area contributed by atoms with Crippen LogP contribution < -0.4 is 4.74 Å². The van der Waals surface area contributed by atoms with Gasteiger partial charge in [-0.1, -0.05) is 17.7 Å². The Hall–Kier alpha value is -1.29. The van der Waals surface area contributed by atoms with E-state index in [1.807, 2.05) is 6.07 Å². The standard InChI is InChI=1S/C13H15BrN2O/c1-9-3-6-12(17-2)10(7-9)4-5-11-13(14)16-8-15-11/h3,6-8H,4-5H2,1-2H3,(H,15,16). The van der Waals surface area contributed by atoms with Gasteiger partial charge in [0.2, 0.25) is 0 Å². The predicted molar refractivity (Wildman–Crippen MR) is 71.4 cm³/mol. The summed E-state index contributed by atoms with van der Waals surface area (Å²) in [5.41, 5.74) is 3.60. The van der Waals surface area contributed by atoms with Gasteiger partial charge in [-0.25, -0.2) is 4.98 Å². The van der Waals surface area contributed by atoms with Crippen LogP contribution in [0.1, 0.15) is 16.8 Å². The zero-order chi connectivity index (χ0) is 12.3. The summed E-state index contributed by atoms with van der Waals surface area (Å²) in [7, 11) is 1.71. The van der Waals surface area contributed by atoms with E-state index in [1.165, 1.54) is 11.1 Å². The fraction of sp³-hybridized carbons (Fsp3) is 0.308. The third-order valence-electron chi connectivity index (χ3n) is 2.75. The number of methoxy groups -OCH3 is 1. The minimum Gasteiger partial charge on any atom is -0.496 e. The minimum atomic E-state index is 0.893. The summed E-state index contributed by atoms with van der Waals surface area (Å²) >= 11 is 3.42. The predicted octanol–water partition coefficient (Wildman–Crippen LogP) is 3.27. The number of nitrogens with zero attached hydrogens (tertiary/aromatic N) is 1. The maximum absolute atomic E-state index is 5.36. The summed E-state index contributed by atoms with van der Waals surface area (Å²) in [5, 5.41) is 0. The van der Waals surface area contributed by atoms with E-state index in [2.05, 4.69) is 45.0 Å². The number of aryl methyl sites for hydroxylation is 3. The SMILES string of the molecule is COc1ccc(C)cc1CCc1[nH]cnc1Br. The highest BCUT2D eigenvalue weighted by Crippen LogP contribution is 2.22. The largest absolute Gasteiger partial charge is 0.496 e. The monoisotopic (exact) mass is 294 g/mol. The van der Waals surface area contributed by atoms with Crippen LogP contribution in [0.15, 0.2) is 29.1 Å². The first kappa shape index (κ1) is 12.2. The van der Waals surface area contributed by atoms with Gasteiger partial charge in [0, 0.05) is 5.69 Å². The number of hydrogen-bond donors (Lipinski definition) is 1. The molecule has 0 aliphatic heterocycles. The fourth-order valence-corrected chi connectivity index (χ4v) is 2.26. The average molecular weight is 295 g/mol. The molecular formula is C13H15BrN2O. The van der Waals surface area contributed by atoms with Gasteiger partial charge in [-0.05, 0) is 47.3 Å². The molecule has 0 bridgehead atoms. The molecule has 1 N–H and O–H groups in total. The highest BCUT2D eigenvalue weighted by atomic mass is 79.9. The molecule has 0 aliphatic rings. The Balaban J connectivity index is 2.13. The van der Waals surface area contributed by atoms with Crippen LogP contribution in [0.5, 0.6) is 5.75 Å². The summed E-state index contributed by atoms with van der Waals surface area (Å²) in [6.07, 6.45) is 3.55. The first-order valence-electron chi connectivity index (χ1n) is 5.52. The second-order valence-electron chi connectivity index (χ2n) is 3.99. The minimum absolute atomic E-state index is 0.893. The molecular weight excluding hydrogens is 280 g/mol. The molecule has 0 saturated carbocycles. The van der Waals surface area contributed by atoms with Gasteiger partial charge in [-0.15, -0.1) is 0 Å². The van der Waals surface area contributed by atoms with Gasteiger partial charge in [-0.2, -0.15) is 0 Å². The molecule has 1 heterocycles. The molecule has 4 heteroatoms. The molecule has 1 aromatic carbocycles. The highest BCUT2D eigenvalue weighted by molar-refractivity contribution is 9.10. The van der Waals surface area contributed by atoms with Crippen LogP contribution in [0.2, 0.25) is 0 Å². The Morgan fingerprint density at radius 2 is 2.18 bits per heavy atom. The van der Waals surface area contributed by atoms with E-state index in [9.17, 15) is 0 Å². The van der Waals surface area contributed by atoms with E-state index in [4.69, 9.17) is 4.74 Å². The number of imidazole rings is 1. The summed E-state index contributed by atoms with van der Waals surface area (Å²) in [6, 6.07) is 6.25. The van der Waals surface area contributed by atoms with E-state index in [1.54, 1.807) is 13.4 Å². The summed E-state index contributed by atoms with van der Waals surface area (Å²) < 4.78 is 6.26. The number of ether oxygens (including phenoxy) is 1. The van der Waals surface area contributed by atoms with Crippen LogP contribution in [-0.2, 0) is 12.8 Å². The number of benzene rings is 1. The second kappa shape index (κ2) is 5.36. The first-order valence-corrected chi connectivity index (χ1v) is 6.31. The van der Waals surface area contributed by atoms with Gasteiger partial charge in [0.25, 0.3) is 0 Å². The van der Waals surface area contributed by atoms with Crippen LogP contribution in [0, 0.1) is 6.92 Å². The number of hydrogen-bond acceptors (Lipinski definition) is 2. The maximum Gasteiger partial charge on any atom is 0.127 e. The number of aromatic nitrogens is 2. The smallest absolute Gasteiger partial charge is 0.127 e. The molecule has 2 rings (SSSR count). The molecule has 2 aromatic rings. The molecule has 0 fully saturated rings. The Labute approximate surface area is 109 Å². The summed E-state index contributed by atoms with van der Waals surface area (Å²) in [5.74, 6) is 0.950. The van der Waals surface area contributed by atoms with Crippen LogP contribution in [0.3, 0.4) is 0 Å². The molecule has 0 atom stereocenters. The lowest BCUT2D eigenvalue weighted by Crippen LogP contribution is -1.97. The Morgan fingerprint density at radius 1 is 1.35 bits per heavy atom. The first-order chi connectivity index (χ1) is 8.20. The van der Waals surface area contributed by atoms with Crippen molar-refractivity contribution in [1.82, 2.24) is 9.97 Å². The molecule has 0 saturated heterocycles. The van der Waals surface area contributed by atoms with Crippen molar-refractivity contribution < 1.29 is 4.74 Å². The quantitative estimate of drug-likeness (QED) is 0.940. The molecule has 17 heavy (non-hydrogen) atoms. The topological polar surface area (TPSA) is 37.9 Å². The average Bonchev–Trinajstić information content (AvgIpc) is 2.72. The van der Waals surface area contributed by atoms with Gasteiger partial charge in [0.1, 0.15) is 10.4 Å². The number of halogens is 1. The molecule has 90 valence electrons. The lowest BCUT2D eigenvalue weighted by Gasteiger charge is -2.09. The Morgan fingerprint density at radius 3 is 2.82 bits per heavy atom. The Bertz CT molecular complexity index is 508. The molecule has 0 spiro atoms. The van der Waals surface area contributed by atoms with Crippen molar-refractivity contribution in [2.24, 2.45) is 0 Å². The molecule has 0 aliphatic carbocycles. The van der Waals surface area contributed by atoms with Crippen LogP contribution in [0.4, 0.5) is 0 Å². The maximum atomic E-state index is 5.36. The van der Waals surface area contributed by atoms with Gasteiger partial charge in [0.15, 0.2) is 0 Å². The zero-order valence-corrected chi connectivity index (χ0v) is 11.5. The van der Waals surface area contributed by atoms with Crippen molar-refractivity contribution in [1.29, 1.82) is 0 Å². The number of nitrogens with one attached hydrogen (secondary N) is 1. The van der Waals surface area contributed by atoms with E-state index >= 15 is 0 Å². The number of rotatable bonds is 4. The molecule has 0 radical (unpaired) electrons. The third-order valence-corrected chi connectivity index (χ3v) is 3.43. The van der Waals surface area contributed by atoms with Crippen molar-refractivity contribution in [2.75, 3.05) is 7.11 Å². The van der Waals surface area contributed by atoms with Gasteiger partial charge in [-0.3, -0.25) is 0 Å². The van der Waals surface area contributed by atoms with E-state index in [0.717, 1.165) is 28.9 Å². The molecule has 0 amide bonds. The van der Waals surface area contributed by atoms with Gasteiger partial charge in [0.05, 0.1) is 13.4 Å². The van der Waals surface area contributed by atoms with E-state index in [0.29, 0.717) is 0 Å². The van der Waals surface area contributed by atoms with Crippen LogP contribution >= 0.6 is 15.9 Å². The fourth-order valence-electron chi connectivity index (χ4n) is 1.84.